The molecule has 0 aromatic rings. The Labute approximate surface area is 82.0 Å². The summed E-state index contributed by atoms with van der Waals surface area (Å²) >= 11 is 5.89. The third-order valence-electron chi connectivity index (χ3n) is 2.09. The molecule has 1 atom stereocenters. The molecule has 72 valence electrons. The molecule has 0 fully saturated rings. The first-order chi connectivity index (χ1) is 5.81. The van der Waals surface area contributed by atoms with E-state index in [1.54, 1.807) is 0 Å². The maximum absolute atomic E-state index is 5.89. The molecule has 0 N–H and O–H groups in total. The smallest absolute Gasteiger partial charge is 0.0513 e. The normalized spacial score (nSPS) is 12.8. The topological polar surface area (TPSA) is 0 Å². The van der Waals surface area contributed by atoms with Gasteiger partial charge in [-0.25, -0.2) is 0 Å². The first-order valence-corrected chi connectivity index (χ1v) is 5.51. The minimum absolute atomic E-state index is 0.191. The van der Waals surface area contributed by atoms with Gasteiger partial charge in [-0.15, -0.1) is 18.2 Å². The van der Waals surface area contributed by atoms with Crippen LogP contribution >= 0.6 is 11.6 Å². The van der Waals surface area contributed by atoms with Crippen molar-refractivity contribution < 1.29 is 0 Å². The van der Waals surface area contributed by atoms with E-state index >= 15 is 0 Å². The van der Waals surface area contributed by atoms with E-state index in [1.807, 2.05) is 6.08 Å². The molecule has 0 saturated heterocycles. The molecule has 0 aromatic carbocycles. The van der Waals surface area contributed by atoms with Gasteiger partial charge < -0.3 is 0 Å². The lowest BCUT2D eigenvalue weighted by Gasteiger charge is -2.02. The highest BCUT2D eigenvalue weighted by atomic mass is 35.5. The van der Waals surface area contributed by atoms with Crippen molar-refractivity contribution in [1.82, 2.24) is 0 Å². The zero-order chi connectivity index (χ0) is 9.23. The van der Waals surface area contributed by atoms with Crippen molar-refractivity contribution >= 4 is 11.6 Å². The Morgan fingerprint density at radius 2 is 1.75 bits per heavy atom. The van der Waals surface area contributed by atoms with Gasteiger partial charge in [0.05, 0.1) is 5.38 Å². The molecular weight excluding hydrogens is 168 g/mol. The number of unbranched alkanes of at least 4 members (excludes halogenated alkanes) is 5. The van der Waals surface area contributed by atoms with E-state index in [-0.39, 0.29) is 5.38 Å². The SMILES string of the molecule is C=CC(Cl)CCCCCCCC. The average molecular weight is 189 g/mol. The van der Waals surface area contributed by atoms with Crippen LogP contribution in [0.25, 0.3) is 0 Å². The van der Waals surface area contributed by atoms with E-state index in [2.05, 4.69) is 13.5 Å². The number of allylic oxidation sites excluding steroid dienone is 1. The molecule has 1 unspecified atom stereocenters. The van der Waals surface area contributed by atoms with Crippen molar-refractivity contribution in [3.05, 3.63) is 12.7 Å². The Morgan fingerprint density at radius 1 is 1.17 bits per heavy atom. The summed E-state index contributed by atoms with van der Waals surface area (Å²) in [6.45, 7) is 5.90. The first kappa shape index (κ1) is 12.0. The van der Waals surface area contributed by atoms with Crippen LogP contribution in [0.15, 0.2) is 12.7 Å². The van der Waals surface area contributed by atoms with E-state index in [1.165, 1.54) is 38.5 Å². The molecular formula is C11H21Cl. The van der Waals surface area contributed by atoms with Crippen LogP contribution in [0.5, 0.6) is 0 Å². The largest absolute Gasteiger partial charge is 0.118 e. The molecule has 0 bridgehead atoms. The van der Waals surface area contributed by atoms with Gasteiger partial charge in [-0.3, -0.25) is 0 Å². The fourth-order valence-corrected chi connectivity index (χ4v) is 1.39. The lowest BCUT2D eigenvalue weighted by molar-refractivity contribution is 0.593. The van der Waals surface area contributed by atoms with Crippen LogP contribution in [0, 0.1) is 0 Å². The van der Waals surface area contributed by atoms with Crippen molar-refractivity contribution in [1.29, 1.82) is 0 Å². The van der Waals surface area contributed by atoms with Gasteiger partial charge in [0.2, 0.25) is 0 Å². The minimum atomic E-state index is 0.191. The second-order valence-electron chi connectivity index (χ2n) is 3.31. The highest BCUT2D eigenvalue weighted by Crippen LogP contribution is 2.11. The van der Waals surface area contributed by atoms with Crippen molar-refractivity contribution in [2.24, 2.45) is 0 Å². The van der Waals surface area contributed by atoms with Crippen LogP contribution in [0.3, 0.4) is 0 Å². The van der Waals surface area contributed by atoms with Crippen molar-refractivity contribution in [2.45, 2.75) is 57.2 Å². The highest BCUT2D eigenvalue weighted by molar-refractivity contribution is 6.21. The van der Waals surface area contributed by atoms with Crippen LogP contribution in [-0.2, 0) is 0 Å². The third kappa shape index (κ3) is 8.13. The molecule has 0 saturated carbocycles. The fraction of sp³-hybridized carbons (Fsp3) is 0.818. The van der Waals surface area contributed by atoms with Gasteiger partial charge in [-0.1, -0.05) is 51.5 Å². The van der Waals surface area contributed by atoms with Gasteiger partial charge in [-0.2, -0.15) is 0 Å². The molecule has 12 heavy (non-hydrogen) atoms. The summed E-state index contributed by atoms with van der Waals surface area (Å²) in [6.07, 6.45) is 11.0. The molecule has 0 aliphatic heterocycles. The Hall–Kier alpha value is 0.0300. The monoisotopic (exact) mass is 188 g/mol. The van der Waals surface area contributed by atoms with E-state index in [9.17, 15) is 0 Å². The van der Waals surface area contributed by atoms with Gasteiger partial charge in [0, 0.05) is 0 Å². The van der Waals surface area contributed by atoms with Crippen LogP contribution < -0.4 is 0 Å². The molecule has 1 heteroatoms. The van der Waals surface area contributed by atoms with E-state index in [0.717, 1.165) is 6.42 Å². The van der Waals surface area contributed by atoms with Crippen LogP contribution in [-0.4, -0.2) is 5.38 Å². The summed E-state index contributed by atoms with van der Waals surface area (Å²) in [6, 6.07) is 0. The van der Waals surface area contributed by atoms with Crippen molar-refractivity contribution in [3.8, 4) is 0 Å². The summed E-state index contributed by atoms with van der Waals surface area (Å²) in [5, 5.41) is 0.191. The molecule has 0 radical (unpaired) electrons. The predicted molar refractivity (Wildman–Crippen MR) is 57.8 cm³/mol. The number of hydrogen-bond acceptors (Lipinski definition) is 0. The van der Waals surface area contributed by atoms with Crippen LogP contribution in [0.4, 0.5) is 0 Å². The second-order valence-corrected chi connectivity index (χ2v) is 3.87. The summed E-state index contributed by atoms with van der Waals surface area (Å²) < 4.78 is 0. The van der Waals surface area contributed by atoms with Crippen molar-refractivity contribution in [3.63, 3.8) is 0 Å². The number of hydrogen-bond donors (Lipinski definition) is 0. The van der Waals surface area contributed by atoms with E-state index in [4.69, 9.17) is 11.6 Å². The van der Waals surface area contributed by atoms with Gasteiger partial charge in [0.1, 0.15) is 0 Å². The van der Waals surface area contributed by atoms with Gasteiger partial charge in [0.15, 0.2) is 0 Å². The molecule has 0 aliphatic carbocycles. The Balaban J connectivity index is 2.95. The molecule has 0 heterocycles. The maximum atomic E-state index is 5.89. The predicted octanol–water partition coefficient (Wildman–Crippen LogP) is 4.53. The number of rotatable bonds is 8. The Bertz CT molecular complexity index is 99.2. The lowest BCUT2D eigenvalue weighted by Crippen LogP contribution is -1.91. The number of halogens is 1. The number of alkyl halides is 1. The van der Waals surface area contributed by atoms with Gasteiger partial charge >= 0.3 is 0 Å². The van der Waals surface area contributed by atoms with Gasteiger partial charge in [0.25, 0.3) is 0 Å². The van der Waals surface area contributed by atoms with E-state index < -0.39 is 0 Å². The molecule has 0 nitrogen and oxygen atoms in total. The van der Waals surface area contributed by atoms with Gasteiger partial charge in [-0.05, 0) is 6.42 Å². The Kier molecular flexibility index (Phi) is 9.14. The molecule has 0 aliphatic rings. The highest BCUT2D eigenvalue weighted by Gasteiger charge is 1.97. The maximum Gasteiger partial charge on any atom is 0.0513 e. The summed E-state index contributed by atoms with van der Waals surface area (Å²) in [7, 11) is 0. The molecule has 0 aromatic heterocycles. The summed E-state index contributed by atoms with van der Waals surface area (Å²) in [4.78, 5) is 0. The minimum Gasteiger partial charge on any atom is -0.118 e. The van der Waals surface area contributed by atoms with Crippen molar-refractivity contribution in [2.75, 3.05) is 0 Å². The van der Waals surface area contributed by atoms with Crippen LogP contribution in [0.1, 0.15) is 51.9 Å². The molecule has 0 amide bonds. The third-order valence-corrected chi connectivity index (χ3v) is 2.49. The average Bonchev–Trinajstić information content (AvgIpc) is 2.10. The quantitative estimate of drug-likeness (QED) is 0.298. The zero-order valence-electron chi connectivity index (χ0n) is 8.19. The lowest BCUT2D eigenvalue weighted by atomic mass is 10.1. The zero-order valence-corrected chi connectivity index (χ0v) is 8.95. The summed E-state index contributed by atoms with van der Waals surface area (Å²) in [5.41, 5.74) is 0. The molecule has 0 spiro atoms. The molecule has 0 rings (SSSR count). The standard InChI is InChI=1S/C11H21Cl/c1-3-5-6-7-8-9-10-11(12)4-2/h4,11H,2-3,5-10H2,1H3. The van der Waals surface area contributed by atoms with E-state index in [0.29, 0.717) is 0 Å². The fourth-order valence-electron chi connectivity index (χ4n) is 1.24. The second kappa shape index (κ2) is 9.12. The summed E-state index contributed by atoms with van der Waals surface area (Å²) in [5.74, 6) is 0. The Morgan fingerprint density at radius 3 is 2.33 bits per heavy atom. The van der Waals surface area contributed by atoms with Crippen LogP contribution in [0.2, 0.25) is 0 Å². The first-order valence-electron chi connectivity index (χ1n) is 5.08.